The predicted molar refractivity (Wildman–Crippen MR) is 120 cm³/mol. The van der Waals surface area contributed by atoms with Gasteiger partial charge in [-0.3, -0.25) is 14.7 Å². The van der Waals surface area contributed by atoms with Gasteiger partial charge in [0.2, 0.25) is 15.9 Å². The van der Waals surface area contributed by atoms with Gasteiger partial charge in [0, 0.05) is 52.2 Å². The molecule has 0 atom stereocenters. The largest absolute Gasteiger partial charge is 0.339 e. The van der Waals surface area contributed by atoms with Crippen molar-refractivity contribution in [3.63, 3.8) is 0 Å². The minimum absolute atomic E-state index is 0.0882. The van der Waals surface area contributed by atoms with E-state index in [1.807, 2.05) is 6.07 Å². The van der Waals surface area contributed by atoms with E-state index in [2.05, 4.69) is 46.3 Å². The van der Waals surface area contributed by atoms with Crippen molar-refractivity contribution in [3.05, 3.63) is 72.6 Å². The Hall–Kier alpha value is -2.81. The Morgan fingerprint density at radius 1 is 1.00 bits per heavy atom. The summed E-state index contributed by atoms with van der Waals surface area (Å²) in [6.07, 6.45) is 2.81. The number of carbonyl (C=O) groups excluding carboxylic acids is 1. The average Bonchev–Trinajstić information content (AvgIpc) is 2.80. The van der Waals surface area contributed by atoms with Crippen molar-refractivity contribution in [1.29, 1.82) is 0 Å². The highest BCUT2D eigenvalue weighted by Gasteiger charge is 2.27. The molecule has 7 nitrogen and oxygen atoms in total. The SMILES string of the molecule is CN(CC(=O)N1CCN(Cc2cccc3ccccc23)CC1)S(=O)(=O)c1cccnc1. The van der Waals surface area contributed by atoms with Crippen LogP contribution in [0.4, 0.5) is 0 Å². The molecule has 0 N–H and O–H groups in total. The lowest BCUT2D eigenvalue weighted by Gasteiger charge is -2.35. The van der Waals surface area contributed by atoms with Gasteiger partial charge >= 0.3 is 0 Å². The van der Waals surface area contributed by atoms with E-state index in [0.29, 0.717) is 13.1 Å². The molecule has 1 amide bonds. The topological polar surface area (TPSA) is 73.8 Å². The van der Waals surface area contributed by atoms with Gasteiger partial charge in [-0.15, -0.1) is 0 Å². The van der Waals surface area contributed by atoms with E-state index in [9.17, 15) is 13.2 Å². The van der Waals surface area contributed by atoms with E-state index in [4.69, 9.17) is 0 Å². The van der Waals surface area contributed by atoms with Crippen LogP contribution < -0.4 is 0 Å². The van der Waals surface area contributed by atoms with Crippen LogP contribution in [0.15, 0.2) is 71.9 Å². The van der Waals surface area contributed by atoms with E-state index >= 15 is 0 Å². The molecule has 0 unspecified atom stereocenters. The Kier molecular flexibility index (Phi) is 6.31. The normalized spacial score (nSPS) is 15.5. The third-order valence-electron chi connectivity index (χ3n) is 5.70. The zero-order chi connectivity index (χ0) is 21.8. The number of amides is 1. The van der Waals surface area contributed by atoms with Crippen molar-refractivity contribution in [2.24, 2.45) is 0 Å². The molecular weight excluding hydrogens is 412 g/mol. The summed E-state index contributed by atoms with van der Waals surface area (Å²) in [6, 6.07) is 17.8. The van der Waals surface area contributed by atoms with Gasteiger partial charge < -0.3 is 4.90 Å². The van der Waals surface area contributed by atoms with E-state index in [-0.39, 0.29) is 17.3 Å². The summed E-state index contributed by atoms with van der Waals surface area (Å²) in [5.74, 6) is -0.181. The number of nitrogens with zero attached hydrogens (tertiary/aromatic N) is 4. The van der Waals surface area contributed by atoms with Crippen molar-refractivity contribution in [3.8, 4) is 0 Å². The van der Waals surface area contributed by atoms with Gasteiger partial charge in [0.15, 0.2) is 0 Å². The Morgan fingerprint density at radius 3 is 2.48 bits per heavy atom. The highest BCUT2D eigenvalue weighted by atomic mass is 32.2. The van der Waals surface area contributed by atoms with E-state index in [0.717, 1.165) is 23.9 Å². The second kappa shape index (κ2) is 9.13. The zero-order valence-electron chi connectivity index (χ0n) is 17.5. The van der Waals surface area contributed by atoms with Gasteiger partial charge in [0.1, 0.15) is 4.90 Å². The summed E-state index contributed by atoms with van der Waals surface area (Å²) in [6.45, 7) is 3.34. The zero-order valence-corrected chi connectivity index (χ0v) is 18.3. The summed E-state index contributed by atoms with van der Waals surface area (Å²) in [5.41, 5.74) is 1.28. The molecule has 1 aliphatic heterocycles. The number of piperazine rings is 1. The number of likely N-dealkylation sites (N-methyl/N-ethyl adjacent to an activating group) is 1. The van der Waals surface area contributed by atoms with Crippen LogP contribution in [0, 0.1) is 0 Å². The van der Waals surface area contributed by atoms with Gasteiger partial charge in [-0.25, -0.2) is 8.42 Å². The first-order valence-electron chi connectivity index (χ1n) is 10.3. The molecule has 8 heteroatoms. The van der Waals surface area contributed by atoms with Crippen molar-refractivity contribution in [1.82, 2.24) is 19.1 Å². The molecule has 0 saturated carbocycles. The maximum atomic E-state index is 12.7. The molecular formula is C23H26N4O3S. The fraction of sp³-hybridized carbons (Fsp3) is 0.304. The first-order chi connectivity index (χ1) is 14.9. The van der Waals surface area contributed by atoms with Crippen molar-refractivity contribution in [2.75, 3.05) is 39.8 Å². The third-order valence-corrected chi connectivity index (χ3v) is 7.49. The minimum Gasteiger partial charge on any atom is -0.339 e. The minimum atomic E-state index is -3.73. The number of hydrogen-bond acceptors (Lipinski definition) is 5. The molecule has 1 saturated heterocycles. The van der Waals surface area contributed by atoms with Crippen LogP contribution in [0.25, 0.3) is 10.8 Å². The second-order valence-corrected chi connectivity index (χ2v) is 9.79. The van der Waals surface area contributed by atoms with Crippen LogP contribution in [0.3, 0.4) is 0 Å². The molecule has 1 aromatic heterocycles. The van der Waals surface area contributed by atoms with Gasteiger partial charge in [-0.2, -0.15) is 4.31 Å². The molecule has 4 rings (SSSR count). The molecule has 0 aliphatic carbocycles. The van der Waals surface area contributed by atoms with Crippen LogP contribution in [0.2, 0.25) is 0 Å². The molecule has 3 aromatic rings. The number of sulfonamides is 1. The highest BCUT2D eigenvalue weighted by molar-refractivity contribution is 7.89. The van der Waals surface area contributed by atoms with Crippen LogP contribution in [-0.4, -0.2) is 73.2 Å². The predicted octanol–water partition coefficient (Wildman–Crippen LogP) is 2.20. The molecule has 2 heterocycles. The summed E-state index contributed by atoms with van der Waals surface area (Å²) in [4.78, 5) is 20.7. The fourth-order valence-corrected chi connectivity index (χ4v) is 4.97. The van der Waals surface area contributed by atoms with Gasteiger partial charge in [0.25, 0.3) is 0 Å². The van der Waals surface area contributed by atoms with E-state index in [1.54, 1.807) is 11.0 Å². The van der Waals surface area contributed by atoms with Gasteiger partial charge in [-0.1, -0.05) is 42.5 Å². The van der Waals surface area contributed by atoms with E-state index in [1.165, 1.54) is 41.8 Å². The molecule has 1 aliphatic rings. The molecule has 162 valence electrons. The van der Waals surface area contributed by atoms with Crippen molar-refractivity contribution >= 4 is 26.7 Å². The first-order valence-corrected chi connectivity index (χ1v) is 11.7. The molecule has 2 aromatic carbocycles. The van der Waals surface area contributed by atoms with Gasteiger partial charge in [-0.05, 0) is 28.5 Å². The molecule has 31 heavy (non-hydrogen) atoms. The first kappa shape index (κ1) is 21.4. The number of aromatic nitrogens is 1. The lowest BCUT2D eigenvalue weighted by molar-refractivity contribution is -0.133. The lowest BCUT2D eigenvalue weighted by atomic mass is 10.0. The van der Waals surface area contributed by atoms with Crippen LogP contribution in [0.5, 0.6) is 0 Å². The molecule has 1 fully saturated rings. The van der Waals surface area contributed by atoms with Crippen molar-refractivity contribution < 1.29 is 13.2 Å². The maximum Gasteiger partial charge on any atom is 0.244 e. The molecule has 0 spiro atoms. The number of carbonyl (C=O) groups is 1. The number of benzene rings is 2. The van der Waals surface area contributed by atoms with Crippen molar-refractivity contribution in [2.45, 2.75) is 11.4 Å². The number of fused-ring (bicyclic) bond motifs is 1. The standard InChI is InChI=1S/C23H26N4O3S/c1-25(31(29,30)21-9-5-11-24-16-21)18-23(28)27-14-12-26(13-15-27)17-20-8-4-7-19-6-2-3-10-22(19)20/h2-11,16H,12-15,17-18H2,1H3. The summed E-state index contributed by atoms with van der Waals surface area (Å²) >= 11 is 0. The average molecular weight is 439 g/mol. The van der Waals surface area contributed by atoms with E-state index < -0.39 is 10.0 Å². The maximum absolute atomic E-state index is 12.7. The summed E-state index contributed by atoms with van der Waals surface area (Å²) in [5, 5.41) is 2.48. The summed E-state index contributed by atoms with van der Waals surface area (Å²) < 4.78 is 26.3. The summed E-state index contributed by atoms with van der Waals surface area (Å²) in [7, 11) is -2.30. The number of pyridine rings is 1. The number of hydrogen-bond donors (Lipinski definition) is 0. The Balaban J connectivity index is 1.34. The smallest absolute Gasteiger partial charge is 0.244 e. The Morgan fingerprint density at radius 2 is 1.74 bits per heavy atom. The van der Waals surface area contributed by atoms with Crippen LogP contribution in [-0.2, 0) is 21.4 Å². The quantitative estimate of drug-likeness (QED) is 0.590. The fourth-order valence-electron chi connectivity index (χ4n) is 3.88. The number of rotatable bonds is 6. The lowest BCUT2D eigenvalue weighted by Crippen LogP contribution is -2.51. The Bertz CT molecular complexity index is 1150. The second-order valence-electron chi connectivity index (χ2n) is 7.75. The molecule has 0 bridgehead atoms. The highest BCUT2D eigenvalue weighted by Crippen LogP contribution is 2.21. The Labute approximate surface area is 183 Å². The van der Waals surface area contributed by atoms with Crippen LogP contribution in [0.1, 0.15) is 5.56 Å². The third kappa shape index (κ3) is 4.76. The van der Waals surface area contributed by atoms with Gasteiger partial charge in [0.05, 0.1) is 6.54 Å². The molecule has 0 radical (unpaired) electrons. The van der Waals surface area contributed by atoms with Crippen LogP contribution >= 0.6 is 0 Å². The monoisotopic (exact) mass is 438 g/mol.